The first-order chi connectivity index (χ1) is 14.8. The number of carbonyl (C=O) groups is 1. The van der Waals surface area contributed by atoms with Gasteiger partial charge in [0.2, 0.25) is 0 Å². The molecule has 0 radical (unpaired) electrons. The molecule has 0 bridgehead atoms. The number of aldehydes is 1. The third kappa shape index (κ3) is 4.69. The number of carbonyl (C=O) groups excluding carboxylic acids is 1. The molecule has 0 aliphatic rings. The summed E-state index contributed by atoms with van der Waals surface area (Å²) in [5.74, 6) is 1.04. The first kappa shape index (κ1) is 23.5. The molecule has 5 nitrogen and oxygen atoms in total. The predicted octanol–water partition coefficient (Wildman–Crippen LogP) is 5.67. The van der Waals surface area contributed by atoms with E-state index in [2.05, 4.69) is 15.3 Å². The Labute approximate surface area is 185 Å². The molecule has 0 spiro atoms. The quantitative estimate of drug-likeness (QED) is 0.496. The lowest BCUT2D eigenvalue weighted by Crippen LogP contribution is -2.23. The van der Waals surface area contributed by atoms with Crippen molar-refractivity contribution in [3.63, 3.8) is 0 Å². The molecule has 0 unspecified atom stereocenters. The molecule has 0 fully saturated rings. The van der Waals surface area contributed by atoms with Gasteiger partial charge in [0.1, 0.15) is 17.9 Å². The maximum absolute atomic E-state index is 13.1. The number of halogens is 3. The minimum atomic E-state index is -4.41. The third-order valence-electron chi connectivity index (χ3n) is 5.46. The Bertz CT molecular complexity index is 1160. The number of aryl methyl sites for hydroxylation is 1. The van der Waals surface area contributed by atoms with E-state index < -0.39 is 23.2 Å². The zero-order valence-electron chi connectivity index (χ0n) is 19.0. The summed E-state index contributed by atoms with van der Waals surface area (Å²) < 4.78 is 39.4. The molecule has 1 atom stereocenters. The summed E-state index contributed by atoms with van der Waals surface area (Å²) in [7, 11) is 3.78. The van der Waals surface area contributed by atoms with Gasteiger partial charge in [-0.25, -0.2) is 9.97 Å². The van der Waals surface area contributed by atoms with Crippen LogP contribution in [-0.4, -0.2) is 30.3 Å². The van der Waals surface area contributed by atoms with Crippen LogP contribution in [0.2, 0.25) is 0 Å². The third-order valence-corrected chi connectivity index (χ3v) is 5.46. The van der Waals surface area contributed by atoms with Crippen LogP contribution in [0, 0.1) is 6.92 Å². The molecule has 0 amide bonds. The summed E-state index contributed by atoms with van der Waals surface area (Å²) in [6.45, 7) is 7.23. The van der Waals surface area contributed by atoms with Crippen LogP contribution in [0.15, 0.2) is 36.4 Å². The van der Waals surface area contributed by atoms with Crippen molar-refractivity contribution < 1.29 is 18.0 Å². The van der Waals surface area contributed by atoms with E-state index in [1.807, 2.05) is 45.0 Å². The van der Waals surface area contributed by atoms with Crippen molar-refractivity contribution in [3.8, 4) is 0 Å². The number of benzene rings is 2. The summed E-state index contributed by atoms with van der Waals surface area (Å²) in [4.78, 5) is 22.7. The van der Waals surface area contributed by atoms with Crippen molar-refractivity contribution in [1.82, 2.24) is 9.97 Å². The second-order valence-corrected chi connectivity index (χ2v) is 8.73. The van der Waals surface area contributed by atoms with Gasteiger partial charge in [-0.15, -0.1) is 0 Å². The number of hydrogen-bond donors (Lipinski definition) is 1. The Kier molecular flexibility index (Phi) is 6.18. The fraction of sp³-hybridized carbons (Fsp3) is 0.375. The van der Waals surface area contributed by atoms with Gasteiger partial charge >= 0.3 is 6.18 Å². The molecule has 3 rings (SSSR count). The van der Waals surface area contributed by atoms with Crippen molar-refractivity contribution >= 4 is 28.7 Å². The van der Waals surface area contributed by atoms with Gasteiger partial charge in [-0.2, -0.15) is 13.2 Å². The Morgan fingerprint density at radius 3 is 2.38 bits per heavy atom. The molecule has 1 N–H and O–H groups in total. The highest BCUT2D eigenvalue weighted by Crippen LogP contribution is 2.37. The van der Waals surface area contributed by atoms with E-state index in [9.17, 15) is 18.0 Å². The number of aromatic nitrogens is 2. The number of nitrogens with zero attached hydrogens (tertiary/aromatic N) is 3. The Balaban J connectivity index is 2.11. The zero-order chi connectivity index (χ0) is 23.8. The molecule has 0 aliphatic heterocycles. The molecule has 32 heavy (non-hydrogen) atoms. The molecule has 0 aliphatic carbocycles. The van der Waals surface area contributed by atoms with E-state index in [-0.39, 0.29) is 0 Å². The lowest BCUT2D eigenvalue weighted by Gasteiger charge is -2.27. The lowest BCUT2D eigenvalue weighted by molar-refractivity contribution is -0.137. The van der Waals surface area contributed by atoms with E-state index in [0.717, 1.165) is 35.1 Å². The molecule has 3 aromatic rings. The van der Waals surface area contributed by atoms with Gasteiger partial charge in [0, 0.05) is 36.6 Å². The van der Waals surface area contributed by atoms with Crippen LogP contribution in [0.4, 0.5) is 24.7 Å². The van der Waals surface area contributed by atoms with Crippen LogP contribution in [0.25, 0.3) is 10.9 Å². The number of nitrogens with one attached hydrogen (secondary N) is 1. The molecule has 0 saturated heterocycles. The van der Waals surface area contributed by atoms with Crippen LogP contribution in [0.1, 0.15) is 49.3 Å². The fourth-order valence-electron chi connectivity index (χ4n) is 3.61. The summed E-state index contributed by atoms with van der Waals surface area (Å²) in [6.07, 6.45) is -3.50. The standard InChI is InChI=1S/C24H27F3N4O/c1-14(16-8-7-9-17(10-16)24(25,26)27)28-22-18-11-21(31(5)6)19(23(3,4)13-32)12-20(18)29-15(2)30-22/h7-14H,1-6H3,(H,28,29,30)/t14-/m1/s1. The van der Waals surface area contributed by atoms with E-state index in [4.69, 9.17) is 0 Å². The molecular weight excluding hydrogens is 417 g/mol. The average molecular weight is 445 g/mol. The number of rotatable bonds is 6. The monoisotopic (exact) mass is 444 g/mol. The number of fused-ring (bicyclic) bond motifs is 1. The highest BCUT2D eigenvalue weighted by atomic mass is 19.4. The molecule has 170 valence electrons. The smallest absolute Gasteiger partial charge is 0.377 e. The molecule has 1 aromatic heterocycles. The lowest BCUT2D eigenvalue weighted by atomic mass is 9.84. The molecule has 1 heterocycles. The Morgan fingerprint density at radius 2 is 1.78 bits per heavy atom. The van der Waals surface area contributed by atoms with Crippen LogP contribution in [-0.2, 0) is 16.4 Å². The van der Waals surface area contributed by atoms with Gasteiger partial charge in [-0.05, 0) is 63.1 Å². The van der Waals surface area contributed by atoms with Crippen molar-refractivity contribution in [2.75, 3.05) is 24.3 Å². The number of alkyl halides is 3. The van der Waals surface area contributed by atoms with Gasteiger partial charge in [-0.1, -0.05) is 12.1 Å². The Morgan fingerprint density at radius 1 is 1.09 bits per heavy atom. The van der Waals surface area contributed by atoms with Gasteiger partial charge in [0.15, 0.2) is 0 Å². The number of hydrogen-bond acceptors (Lipinski definition) is 5. The average Bonchev–Trinajstić information content (AvgIpc) is 2.72. The normalized spacial score (nSPS) is 13.2. The summed E-state index contributed by atoms with van der Waals surface area (Å²) in [5, 5.41) is 3.98. The van der Waals surface area contributed by atoms with Crippen LogP contribution < -0.4 is 10.2 Å². The van der Waals surface area contributed by atoms with E-state index in [0.29, 0.717) is 22.7 Å². The van der Waals surface area contributed by atoms with Gasteiger partial charge < -0.3 is 15.0 Å². The first-order valence-electron chi connectivity index (χ1n) is 10.2. The largest absolute Gasteiger partial charge is 0.416 e. The second-order valence-electron chi connectivity index (χ2n) is 8.73. The van der Waals surface area contributed by atoms with Crippen molar-refractivity contribution in [2.24, 2.45) is 0 Å². The van der Waals surface area contributed by atoms with E-state index in [1.165, 1.54) is 6.07 Å². The van der Waals surface area contributed by atoms with E-state index >= 15 is 0 Å². The van der Waals surface area contributed by atoms with Crippen LogP contribution in [0.3, 0.4) is 0 Å². The molecule has 8 heteroatoms. The van der Waals surface area contributed by atoms with Crippen molar-refractivity contribution in [1.29, 1.82) is 0 Å². The zero-order valence-corrected chi connectivity index (χ0v) is 19.0. The minimum absolute atomic E-state index is 0.427. The molecule has 2 aromatic carbocycles. The highest BCUT2D eigenvalue weighted by Gasteiger charge is 2.31. The highest BCUT2D eigenvalue weighted by molar-refractivity contribution is 5.94. The van der Waals surface area contributed by atoms with Gasteiger partial charge in [0.05, 0.1) is 11.1 Å². The topological polar surface area (TPSA) is 58.1 Å². The minimum Gasteiger partial charge on any atom is -0.377 e. The first-order valence-corrected chi connectivity index (χ1v) is 10.2. The van der Waals surface area contributed by atoms with Crippen molar-refractivity contribution in [2.45, 2.75) is 45.3 Å². The van der Waals surface area contributed by atoms with Crippen LogP contribution >= 0.6 is 0 Å². The molecular formula is C24H27F3N4O. The van der Waals surface area contributed by atoms with E-state index in [1.54, 1.807) is 19.9 Å². The summed E-state index contributed by atoms with van der Waals surface area (Å²) in [5.41, 5.74) is 1.42. The summed E-state index contributed by atoms with van der Waals surface area (Å²) in [6, 6.07) is 8.62. The van der Waals surface area contributed by atoms with Gasteiger partial charge in [-0.3, -0.25) is 0 Å². The second kappa shape index (κ2) is 8.41. The van der Waals surface area contributed by atoms with Crippen molar-refractivity contribution in [3.05, 3.63) is 58.9 Å². The SMILES string of the molecule is Cc1nc(N[C@H](C)c2cccc(C(F)(F)F)c2)c2cc(N(C)C)c(C(C)(C)C=O)cc2n1. The van der Waals surface area contributed by atoms with Gasteiger partial charge in [0.25, 0.3) is 0 Å². The number of anilines is 2. The Hall–Kier alpha value is -3.16. The molecule has 0 saturated carbocycles. The maximum atomic E-state index is 13.1. The van der Waals surface area contributed by atoms with Crippen LogP contribution in [0.5, 0.6) is 0 Å². The fourth-order valence-corrected chi connectivity index (χ4v) is 3.61. The summed E-state index contributed by atoms with van der Waals surface area (Å²) >= 11 is 0. The predicted molar refractivity (Wildman–Crippen MR) is 121 cm³/mol. The maximum Gasteiger partial charge on any atom is 0.416 e.